The predicted octanol–water partition coefficient (Wildman–Crippen LogP) is 3.96. The van der Waals surface area contributed by atoms with Crippen molar-refractivity contribution in [3.8, 4) is 11.3 Å². The number of amides is 2. The molecule has 2 saturated carbocycles. The van der Waals surface area contributed by atoms with Gasteiger partial charge in [-0.15, -0.1) is 0 Å². The Hall–Kier alpha value is -3.99. The third-order valence-corrected chi connectivity index (χ3v) is 7.72. The van der Waals surface area contributed by atoms with Crippen LogP contribution in [0.3, 0.4) is 0 Å². The third kappa shape index (κ3) is 4.26. The summed E-state index contributed by atoms with van der Waals surface area (Å²) in [6, 6.07) is 4.15. The summed E-state index contributed by atoms with van der Waals surface area (Å²) in [6.45, 7) is 0.713. The van der Waals surface area contributed by atoms with Crippen LogP contribution in [-0.4, -0.2) is 53.4 Å². The maximum absolute atomic E-state index is 13.4. The van der Waals surface area contributed by atoms with Crippen LogP contribution in [-0.2, 0) is 4.74 Å². The first-order chi connectivity index (χ1) is 18.6. The molecule has 3 aliphatic rings. The summed E-state index contributed by atoms with van der Waals surface area (Å²) in [6.07, 6.45) is 17.2. The van der Waals surface area contributed by atoms with Gasteiger partial charge in [0.25, 0.3) is 11.8 Å². The molecule has 7 rings (SSSR count). The van der Waals surface area contributed by atoms with Crippen molar-refractivity contribution in [1.82, 2.24) is 34.3 Å². The number of carbonyl (C=O) groups is 2. The second-order valence-electron chi connectivity index (χ2n) is 10.4. The van der Waals surface area contributed by atoms with E-state index in [1.165, 1.54) is 6.42 Å². The van der Waals surface area contributed by atoms with Crippen LogP contribution in [0.5, 0.6) is 0 Å². The van der Waals surface area contributed by atoms with Crippen LogP contribution in [0.1, 0.15) is 84.5 Å². The van der Waals surface area contributed by atoms with E-state index in [2.05, 4.69) is 30.4 Å². The minimum atomic E-state index is -0.379. The molecule has 2 N–H and O–H groups in total. The molecule has 3 fully saturated rings. The van der Waals surface area contributed by atoms with Crippen LogP contribution in [0.25, 0.3) is 16.9 Å². The zero-order valence-corrected chi connectivity index (χ0v) is 21.0. The molecule has 11 nitrogen and oxygen atoms in total. The topological polar surface area (TPSA) is 120 Å². The van der Waals surface area contributed by atoms with Crippen LogP contribution in [0.4, 0.5) is 5.69 Å². The molecule has 2 amide bonds. The van der Waals surface area contributed by atoms with E-state index in [9.17, 15) is 9.59 Å². The van der Waals surface area contributed by atoms with Gasteiger partial charge >= 0.3 is 0 Å². The summed E-state index contributed by atoms with van der Waals surface area (Å²) in [5.74, 6) is -0.531. The van der Waals surface area contributed by atoms with E-state index in [1.807, 2.05) is 23.1 Å². The number of nitrogens with zero attached hydrogens (tertiary/aromatic N) is 6. The van der Waals surface area contributed by atoms with Crippen molar-refractivity contribution in [3.63, 3.8) is 0 Å². The number of hydrogen-bond donors (Lipinski definition) is 2. The first-order valence-corrected chi connectivity index (χ1v) is 13.5. The van der Waals surface area contributed by atoms with E-state index in [1.54, 1.807) is 29.2 Å². The van der Waals surface area contributed by atoms with Crippen molar-refractivity contribution in [1.29, 1.82) is 0 Å². The van der Waals surface area contributed by atoms with Crippen molar-refractivity contribution < 1.29 is 14.3 Å². The summed E-state index contributed by atoms with van der Waals surface area (Å²) >= 11 is 0. The second kappa shape index (κ2) is 9.39. The molecule has 1 atom stereocenters. The van der Waals surface area contributed by atoms with E-state index in [0.29, 0.717) is 29.5 Å². The molecule has 1 saturated heterocycles. The summed E-state index contributed by atoms with van der Waals surface area (Å²) in [4.78, 5) is 31.0. The van der Waals surface area contributed by atoms with Crippen molar-refractivity contribution >= 4 is 23.1 Å². The predicted molar refractivity (Wildman–Crippen MR) is 139 cm³/mol. The van der Waals surface area contributed by atoms with E-state index in [-0.39, 0.29) is 29.8 Å². The number of ether oxygens (including phenoxy) is 1. The maximum atomic E-state index is 13.4. The molecule has 5 heterocycles. The zero-order chi connectivity index (χ0) is 25.6. The molecule has 0 spiro atoms. The molecule has 4 aromatic heterocycles. The summed E-state index contributed by atoms with van der Waals surface area (Å²) in [5.41, 5.74) is 3.39. The Labute approximate surface area is 219 Å². The fourth-order valence-electron chi connectivity index (χ4n) is 5.18. The van der Waals surface area contributed by atoms with Gasteiger partial charge in [0.05, 0.1) is 28.7 Å². The molecule has 0 bridgehead atoms. The van der Waals surface area contributed by atoms with Crippen LogP contribution >= 0.6 is 0 Å². The second-order valence-corrected chi connectivity index (χ2v) is 10.4. The first-order valence-electron chi connectivity index (χ1n) is 13.5. The third-order valence-electron chi connectivity index (χ3n) is 7.72. The standard InChI is InChI=1S/C27H30N8O3/c36-26(30-17-7-8-17)20-15-33(18-4-3-5-18)16-22(20)32-27(37)21-10-12-34-25(31-21)19(14-29-34)23-9-11-28-35(23)24-6-1-2-13-38-24/h9-12,14-18,24H,1-8,13H2,(H,30,36)(H,32,37). The van der Waals surface area contributed by atoms with Gasteiger partial charge in [0, 0.05) is 43.5 Å². The summed E-state index contributed by atoms with van der Waals surface area (Å²) in [5, 5.41) is 14.9. The zero-order valence-electron chi connectivity index (χ0n) is 21.0. The number of anilines is 1. The highest BCUT2D eigenvalue weighted by atomic mass is 16.5. The molecule has 2 aliphatic carbocycles. The van der Waals surface area contributed by atoms with Gasteiger partial charge in [0.1, 0.15) is 5.69 Å². The van der Waals surface area contributed by atoms with Gasteiger partial charge in [-0.25, -0.2) is 14.2 Å². The molecule has 196 valence electrons. The van der Waals surface area contributed by atoms with Gasteiger partial charge in [-0.2, -0.15) is 10.2 Å². The maximum Gasteiger partial charge on any atom is 0.274 e. The van der Waals surface area contributed by atoms with E-state index in [4.69, 9.17) is 4.74 Å². The normalized spacial score (nSPS) is 19.8. The van der Waals surface area contributed by atoms with Crippen LogP contribution < -0.4 is 10.6 Å². The molecule has 1 aliphatic heterocycles. The molecular formula is C27H30N8O3. The number of hydrogen-bond acceptors (Lipinski definition) is 6. The SMILES string of the molecule is O=C(Nc1cn(C2CCC2)cc1C(=O)NC1CC1)c1ccn2ncc(-c3ccnn3C3CCCCO3)c2n1. The van der Waals surface area contributed by atoms with Gasteiger partial charge in [-0.1, -0.05) is 0 Å². The van der Waals surface area contributed by atoms with Gasteiger partial charge in [0.15, 0.2) is 11.9 Å². The van der Waals surface area contributed by atoms with Gasteiger partial charge in [0.2, 0.25) is 0 Å². The summed E-state index contributed by atoms with van der Waals surface area (Å²) in [7, 11) is 0. The van der Waals surface area contributed by atoms with E-state index >= 15 is 0 Å². The Balaban J connectivity index is 1.18. The molecule has 1 unspecified atom stereocenters. The first kappa shape index (κ1) is 23.2. The van der Waals surface area contributed by atoms with Crippen molar-refractivity contribution in [2.24, 2.45) is 0 Å². The quantitative estimate of drug-likeness (QED) is 0.385. The number of rotatable bonds is 7. The Kier molecular flexibility index (Phi) is 5.72. The van der Waals surface area contributed by atoms with Crippen LogP contribution in [0.15, 0.2) is 43.1 Å². The Morgan fingerprint density at radius 1 is 0.974 bits per heavy atom. The van der Waals surface area contributed by atoms with Crippen LogP contribution in [0, 0.1) is 0 Å². The number of nitrogens with one attached hydrogen (secondary N) is 2. The molecule has 11 heteroatoms. The number of carbonyl (C=O) groups excluding carboxylic acids is 2. The van der Waals surface area contributed by atoms with E-state index < -0.39 is 0 Å². The number of fused-ring (bicyclic) bond motifs is 1. The smallest absolute Gasteiger partial charge is 0.274 e. The van der Waals surface area contributed by atoms with Crippen LogP contribution in [0.2, 0.25) is 0 Å². The largest absolute Gasteiger partial charge is 0.356 e. The fraction of sp³-hybridized carbons (Fsp3) is 0.444. The van der Waals surface area contributed by atoms with Crippen molar-refractivity contribution in [3.05, 3.63) is 54.4 Å². The monoisotopic (exact) mass is 514 g/mol. The lowest BCUT2D eigenvalue weighted by Gasteiger charge is -2.26. The van der Waals surface area contributed by atoms with Gasteiger partial charge in [-0.3, -0.25) is 9.59 Å². The van der Waals surface area contributed by atoms with E-state index in [0.717, 1.165) is 56.2 Å². The Morgan fingerprint density at radius 3 is 2.63 bits per heavy atom. The average molecular weight is 515 g/mol. The summed E-state index contributed by atoms with van der Waals surface area (Å²) < 4.78 is 11.5. The molecular weight excluding hydrogens is 484 g/mol. The highest BCUT2D eigenvalue weighted by molar-refractivity contribution is 6.08. The minimum Gasteiger partial charge on any atom is -0.356 e. The molecule has 0 radical (unpaired) electrons. The molecule has 38 heavy (non-hydrogen) atoms. The Bertz CT molecular complexity index is 1500. The fourth-order valence-corrected chi connectivity index (χ4v) is 5.18. The lowest BCUT2D eigenvalue weighted by molar-refractivity contribution is -0.0383. The lowest BCUT2D eigenvalue weighted by atomic mass is 9.93. The Morgan fingerprint density at radius 2 is 1.87 bits per heavy atom. The van der Waals surface area contributed by atoms with Gasteiger partial charge < -0.3 is 19.9 Å². The van der Waals surface area contributed by atoms with Crippen molar-refractivity contribution in [2.45, 2.75) is 69.7 Å². The lowest BCUT2D eigenvalue weighted by Crippen LogP contribution is -2.26. The molecule has 4 aromatic rings. The molecule has 0 aromatic carbocycles. The van der Waals surface area contributed by atoms with Crippen molar-refractivity contribution in [2.75, 3.05) is 11.9 Å². The van der Waals surface area contributed by atoms with Gasteiger partial charge in [-0.05, 0) is 63.5 Å². The highest BCUT2D eigenvalue weighted by Crippen LogP contribution is 2.34. The average Bonchev–Trinajstić information content (AvgIpc) is 3.27. The minimum absolute atomic E-state index is 0.130. The highest BCUT2D eigenvalue weighted by Gasteiger charge is 2.28. The number of aromatic nitrogens is 6.